The van der Waals surface area contributed by atoms with Crippen molar-refractivity contribution in [3.05, 3.63) is 59.4 Å². The first-order chi connectivity index (χ1) is 9.28. The molecule has 0 aliphatic heterocycles. The third kappa shape index (κ3) is 4.38. The maximum absolute atomic E-state index is 5.69. The van der Waals surface area contributed by atoms with E-state index in [-0.39, 0.29) is 0 Å². The second-order valence-corrected chi connectivity index (χ2v) is 4.59. The number of benzene rings is 1. The molecule has 0 aliphatic rings. The number of aryl methyl sites for hydroxylation is 1. The van der Waals surface area contributed by atoms with Crippen LogP contribution in [0.4, 0.5) is 0 Å². The second kappa shape index (κ2) is 6.90. The van der Waals surface area contributed by atoms with Crippen LogP contribution in [-0.2, 0) is 13.0 Å². The molecule has 0 saturated carbocycles. The van der Waals surface area contributed by atoms with Crippen molar-refractivity contribution in [1.82, 2.24) is 10.3 Å². The van der Waals surface area contributed by atoms with E-state index in [0.717, 1.165) is 24.4 Å². The van der Waals surface area contributed by atoms with Gasteiger partial charge in [0.2, 0.25) is 0 Å². The van der Waals surface area contributed by atoms with Crippen LogP contribution in [0.2, 0.25) is 0 Å². The molecule has 2 aromatic rings. The molecule has 0 atom stereocenters. The smallest absolute Gasteiger partial charge is 0.138 e. The van der Waals surface area contributed by atoms with Crippen LogP contribution in [0, 0.1) is 6.92 Å². The van der Waals surface area contributed by atoms with Gasteiger partial charge in [-0.3, -0.25) is 4.98 Å². The third-order valence-corrected chi connectivity index (χ3v) is 2.98. The summed E-state index contributed by atoms with van der Waals surface area (Å²) in [4.78, 5) is 4.21. The number of nitrogens with one attached hydrogen (secondary N) is 1. The van der Waals surface area contributed by atoms with E-state index in [1.165, 1.54) is 11.1 Å². The Hall–Kier alpha value is -1.87. The van der Waals surface area contributed by atoms with Crippen LogP contribution < -0.4 is 10.1 Å². The Morgan fingerprint density at radius 2 is 1.79 bits per heavy atom. The molecule has 0 amide bonds. The number of pyridine rings is 1. The van der Waals surface area contributed by atoms with Crippen molar-refractivity contribution < 1.29 is 4.74 Å². The monoisotopic (exact) mass is 256 g/mol. The Balaban J connectivity index is 1.87. The minimum absolute atomic E-state index is 0.580. The first-order valence-electron chi connectivity index (χ1n) is 6.56. The van der Waals surface area contributed by atoms with Crippen molar-refractivity contribution in [2.45, 2.75) is 20.0 Å². The molecule has 0 radical (unpaired) electrons. The third-order valence-electron chi connectivity index (χ3n) is 2.98. The topological polar surface area (TPSA) is 34.1 Å². The molecule has 2 rings (SSSR count). The van der Waals surface area contributed by atoms with Crippen LogP contribution in [0.15, 0.2) is 42.6 Å². The maximum atomic E-state index is 5.69. The molecule has 1 aromatic heterocycles. The van der Waals surface area contributed by atoms with Crippen molar-refractivity contribution in [2.75, 3.05) is 13.6 Å². The Labute approximate surface area is 114 Å². The summed E-state index contributed by atoms with van der Waals surface area (Å²) in [6.45, 7) is 3.55. The van der Waals surface area contributed by atoms with E-state index in [4.69, 9.17) is 4.74 Å². The van der Waals surface area contributed by atoms with Gasteiger partial charge in [-0.25, -0.2) is 0 Å². The van der Waals surface area contributed by atoms with Crippen molar-refractivity contribution in [2.24, 2.45) is 0 Å². The number of aromatic nitrogens is 1. The normalized spacial score (nSPS) is 10.4. The highest BCUT2D eigenvalue weighted by molar-refractivity contribution is 5.24. The fourth-order valence-corrected chi connectivity index (χ4v) is 1.78. The van der Waals surface area contributed by atoms with E-state index in [9.17, 15) is 0 Å². The van der Waals surface area contributed by atoms with Crippen molar-refractivity contribution in [3.8, 4) is 5.75 Å². The Kier molecular flexibility index (Phi) is 4.93. The lowest BCUT2D eigenvalue weighted by Gasteiger charge is -2.07. The summed E-state index contributed by atoms with van der Waals surface area (Å²) in [6, 6.07) is 12.5. The molecule has 100 valence electrons. The summed E-state index contributed by atoms with van der Waals surface area (Å²) in [5.74, 6) is 0.810. The van der Waals surface area contributed by atoms with E-state index in [2.05, 4.69) is 34.6 Å². The predicted octanol–water partition coefficient (Wildman–Crippen LogP) is 2.73. The number of likely N-dealkylation sites (N-methyl/N-ethyl adjacent to an activating group) is 1. The van der Waals surface area contributed by atoms with Gasteiger partial charge < -0.3 is 10.1 Å². The summed E-state index contributed by atoms with van der Waals surface area (Å²) in [6.07, 6.45) is 2.82. The van der Waals surface area contributed by atoms with Gasteiger partial charge in [0.25, 0.3) is 0 Å². The molecule has 0 aliphatic carbocycles. The molecule has 1 aromatic carbocycles. The van der Waals surface area contributed by atoms with Crippen molar-refractivity contribution >= 4 is 0 Å². The van der Waals surface area contributed by atoms with E-state index in [0.29, 0.717) is 6.61 Å². The van der Waals surface area contributed by atoms with Gasteiger partial charge in [0.1, 0.15) is 12.4 Å². The molecule has 0 bridgehead atoms. The van der Waals surface area contributed by atoms with Crippen LogP contribution in [0.25, 0.3) is 0 Å². The van der Waals surface area contributed by atoms with Crippen LogP contribution in [0.3, 0.4) is 0 Å². The zero-order valence-corrected chi connectivity index (χ0v) is 11.5. The van der Waals surface area contributed by atoms with Crippen LogP contribution in [0.1, 0.15) is 16.8 Å². The Bertz CT molecular complexity index is 491. The predicted molar refractivity (Wildman–Crippen MR) is 77.4 cm³/mol. The zero-order valence-electron chi connectivity index (χ0n) is 11.5. The molecule has 0 saturated heterocycles. The lowest BCUT2D eigenvalue weighted by Crippen LogP contribution is -2.10. The van der Waals surface area contributed by atoms with Crippen molar-refractivity contribution in [3.63, 3.8) is 0 Å². The summed E-state index contributed by atoms with van der Waals surface area (Å²) in [5.41, 5.74) is 3.52. The molecular weight excluding hydrogens is 236 g/mol. The van der Waals surface area contributed by atoms with E-state index >= 15 is 0 Å². The zero-order chi connectivity index (χ0) is 13.5. The summed E-state index contributed by atoms with van der Waals surface area (Å²) >= 11 is 0. The number of hydrogen-bond acceptors (Lipinski definition) is 3. The summed E-state index contributed by atoms with van der Waals surface area (Å²) < 4.78 is 5.69. The largest absolute Gasteiger partial charge is 0.487 e. The molecule has 3 heteroatoms. The lowest BCUT2D eigenvalue weighted by atomic mass is 10.1. The van der Waals surface area contributed by atoms with Gasteiger partial charge >= 0.3 is 0 Å². The fraction of sp³-hybridized carbons (Fsp3) is 0.312. The minimum Gasteiger partial charge on any atom is -0.487 e. The minimum atomic E-state index is 0.580. The molecule has 3 nitrogen and oxygen atoms in total. The quantitative estimate of drug-likeness (QED) is 0.863. The molecule has 0 fully saturated rings. The SMILES string of the molecule is CNCCc1ccc(COc2ccc(C)nc2)cc1. The number of nitrogens with zero attached hydrogens (tertiary/aromatic N) is 1. The van der Waals surface area contributed by atoms with E-state index < -0.39 is 0 Å². The number of rotatable bonds is 6. The van der Waals surface area contributed by atoms with Gasteiger partial charge in [0.05, 0.1) is 6.20 Å². The Morgan fingerprint density at radius 3 is 2.42 bits per heavy atom. The van der Waals surface area contributed by atoms with Gasteiger partial charge in [-0.05, 0) is 50.2 Å². The van der Waals surface area contributed by atoms with Crippen LogP contribution in [0.5, 0.6) is 5.75 Å². The highest BCUT2D eigenvalue weighted by Crippen LogP contribution is 2.12. The highest BCUT2D eigenvalue weighted by Gasteiger charge is 1.97. The van der Waals surface area contributed by atoms with Crippen LogP contribution >= 0.6 is 0 Å². The molecule has 1 heterocycles. The lowest BCUT2D eigenvalue weighted by molar-refractivity contribution is 0.305. The molecule has 0 unspecified atom stereocenters. The number of hydrogen-bond donors (Lipinski definition) is 1. The molecular formula is C16H20N2O. The maximum Gasteiger partial charge on any atom is 0.138 e. The summed E-state index contributed by atoms with van der Waals surface area (Å²) in [5, 5.41) is 3.15. The average Bonchev–Trinajstić information content (AvgIpc) is 2.46. The van der Waals surface area contributed by atoms with Crippen molar-refractivity contribution in [1.29, 1.82) is 0 Å². The second-order valence-electron chi connectivity index (χ2n) is 4.59. The van der Waals surface area contributed by atoms with E-state index in [1.807, 2.05) is 26.1 Å². The van der Waals surface area contributed by atoms with Gasteiger partial charge in [0.15, 0.2) is 0 Å². The fourth-order valence-electron chi connectivity index (χ4n) is 1.78. The van der Waals surface area contributed by atoms with Gasteiger partial charge in [-0.2, -0.15) is 0 Å². The van der Waals surface area contributed by atoms with Gasteiger partial charge in [0, 0.05) is 5.69 Å². The number of ether oxygens (including phenoxy) is 1. The first-order valence-corrected chi connectivity index (χ1v) is 6.56. The van der Waals surface area contributed by atoms with Crippen LogP contribution in [-0.4, -0.2) is 18.6 Å². The summed E-state index contributed by atoms with van der Waals surface area (Å²) in [7, 11) is 1.97. The van der Waals surface area contributed by atoms with Gasteiger partial charge in [-0.15, -0.1) is 0 Å². The standard InChI is InChI=1S/C16H20N2O/c1-13-3-8-16(11-18-13)19-12-15-6-4-14(5-7-15)9-10-17-2/h3-8,11,17H,9-10,12H2,1-2H3. The average molecular weight is 256 g/mol. The van der Waals surface area contributed by atoms with E-state index in [1.54, 1.807) is 6.20 Å². The molecule has 0 spiro atoms. The first kappa shape index (κ1) is 13.6. The molecule has 1 N–H and O–H groups in total. The van der Waals surface area contributed by atoms with Gasteiger partial charge in [-0.1, -0.05) is 24.3 Å². The highest BCUT2D eigenvalue weighted by atomic mass is 16.5. The molecule has 19 heavy (non-hydrogen) atoms. The Morgan fingerprint density at radius 1 is 1.05 bits per heavy atom.